The molecule has 0 aliphatic rings. The third-order valence-electron chi connectivity index (χ3n) is 4.96. The lowest BCUT2D eigenvalue weighted by Gasteiger charge is -2.18. The summed E-state index contributed by atoms with van der Waals surface area (Å²) in [4.78, 5) is 8.83. The van der Waals surface area contributed by atoms with E-state index in [0.29, 0.717) is 50.3 Å². The third-order valence-corrected chi connectivity index (χ3v) is 4.96. The number of nitrogens with zero attached hydrogens (tertiary/aromatic N) is 2. The van der Waals surface area contributed by atoms with E-state index in [1.807, 2.05) is 36.4 Å². The fourth-order valence-electron chi connectivity index (χ4n) is 3.26. The molecule has 0 amide bonds. The van der Waals surface area contributed by atoms with Crippen LogP contribution in [-0.2, 0) is 14.2 Å². The molecule has 0 saturated carbocycles. The lowest BCUT2D eigenvalue weighted by molar-refractivity contribution is 0.114. The molecule has 0 fully saturated rings. The highest BCUT2D eigenvalue weighted by Gasteiger charge is 2.15. The summed E-state index contributed by atoms with van der Waals surface area (Å²) in [7, 11) is 4.92. The van der Waals surface area contributed by atoms with Crippen molar-refractivity contribution in [3.05, 3.63) is 53.9 Å². The van der Waals surface area contributed by atoms with Gasteiger partial charge in [-0.3, -0.25) is 0 Å². The van der Waals surface area contributed by atoms with E-state index >= 15 is 0 Å². The number of fused-ring (bicyclic) bond motifs is 1. The van der Waals surface area contributed by atoms with E-state index in [1.165, 1.54) is 6.33 Å². The van der Waals surface area contributed by atoms with Gasteiger partial charge in [0.2, 0.25) is 0 Å². The molecule has 0 saturated heterocycles. The maximum Gasteiger partial charge on any atom is 0.163 e. The van der Waals surface area contributed by atoms with E-state index in [2.05, 4.69) is 21.2 Å². The standard InChI is InChI=1S/C25H29N3O5/c1-5-18-7-6-8-19(13-18)24(31-4)16-26-25-20-14-22(32-11-9-29-2)23(33-12-10-30-3)15-21(20)27-17-28-25/h1,6-8,13-15,17,24H,9-12,16H2,2-4H3,(H,26,27,28). The van der Waals surface area contributed by atoms with Crippen LogP contribution in [0.2, 0.25) is 0 Å². The van der Waals surface area contributed by atoms with Crippen LogP contribution in [0.5, 0.6) is 11.5 Å². The molecule has 3 aromatic rings. The molecule has 0 radical (unpaired) electrons. The first-order valence-electron chi connectivity index (χ1n) is 10.6. The monoisotopic (exact) mass is 451 g/mol. The average Bonchev–Trinajstić information content (AvgIpc) is 2.85. The lowest BCUT2D eigenvalue weighted by Crippen LogP contribution is -2.15. The molecular weight excluding hydrogens is 422 g/mol. The molecule has 0 spiro atoms. The second-order valence-electron chi connectivity index (χ2n) is 7.10. The van der Waals surface area contributed by atoms with Crippen molar-refractivity contribution in [2.24, 2.45) is 0 Å². The number of hydrogen-bond acceptors (Lipinski definition) is 8. The van der Waals surface area contributed by atoms with Crippen molar-refractivity contribution in [1.29, 1.82) is 0 Å². The first-order valence-corrected chi connectivity index (χ1v) is 10.6. The first-order chi connectivity index (χ1) is 16.2. The molecule has 1 atom stereocenters. The Morgan fingerprint density at radius 2 is 1.67 bits per heavy atom. The van der Waals surface area contributed by atoms with Gasteiger partial charge in [0.05, 0.1) is 24.8 Å². The second-order valence-corrected chi connectivity index (χ2v) is 7.10. The van der Waals surface area contributed by atoms with Gasteiger partial charge in [-0.25, -0.2) is 9.97 Å². The molecule has 1 unspecified atom stereocenters. The van der Waals surface area contributed by atoms with Gasteiger partial charge in [0.15, 0.2) is 11.5 Å². The lowest BCUT2D eigenvalue weighted by atomic mass is 10.1. The minimum Gasteiger partial charge on any atom is -0.487 e. The average molecular weight is 452 g/mol. The summed E-state index contributed by atoms with van der Waals surface area (Å²) in [6, 6.07) is 11.4. The molecule has 2 aromatic carbocycles. The van der Waals surface area contributed by atoms with E-state index in [0.717, 1.165) is 22.0 Å². The summed E-state index contributed by atoms with van der Waals surface area (Å²) in [5, 5.41) is 4.17. The van der Waals surface area contributed by atoms with E-state index in [9.17, 15) is 0 Å². The maximum absolute atomic E-state index is 5.90. The van der Waals surface area contributed by atoms with Gasteiger partial charge in [-0.05, 0) is 23.8 Å². The quantitative estimate of drug-likeness (QED) is 0.312. The van der Waals surface area contributed by atoms with Gasteiger partial charge in [-0.15, -0.1) is 6.42 Å². The zero-order valence-corrected chi connectivity index (χ0v) is 19.2. The number of rotatable bonds is 13. The molecule has 3 rings (SSSR count). The van der Waals surface area contributed by atoms with Gasteiger partial charge in [0.25, 0.3) is 0 Å². The molecule has 33 heavy (non-hydrogen) atoms. The smallest absolute Gasteiger partial charge is 0.163 e. The molecule has 8 heteroatoms. The van der Waals surface area contributed by atoms with Crippen molar-refractivity contribution in [1.82, 2.24) is 9.97 Å². The minimum absolute atomic E-state index is 0.211. The number of ether oxygens (including phenoxy) is 5. The maximum atomic E-state index is 5.90. The van der Waals surface area contributed by atoms with Crippen molar-refractivity contribution in [3.63, 3.8) is 0 Å². The molecule has 174 valence electrons. The zero-order valence-electron chi connectivity index (χ0n) is 19.2. The molecule has 8 nitrogen and oxygen atoms in total. The Morgan fingerprint density at radius 1 is 0.939 bits per heavy atom. The van der Waals surface area contributed by atoms with Gasteiger partial charge < -0.3 is 29.0 Å². The predicted octanol–water partition coefficient (Wildman–Crippen LogP) is 3.46. The molecule has 1 N–H and O–H groups in total. The van der Waals surface area contributed by atoms with Crippen LogP contribution in [0.4, 0.5) is 5.82 Å². The number of hydrogen-bond donors (Lipinski definition) is 1. The fraction of sp³-hybridized carbons (Fsp3) is 0.360. The van der Waals surface area contributed by atoms with Crippen LogP contribution in [0, 0.1) is 12.3 Å². The Bertz CT molecular complexity index is 1080. The highest BCUT2D eigenvalue weighted by Crippen LogP contribution is 2.34. The van der Waals surface area contributed by atoms with Gasteiger partial charge in [-0.1, -0.05) is 18.1 Å². The van der Waals surface area contributed by atoms with E-state index in [1.54, 1.807) is 21.3 Å². The summed E-state index contributed by atoms with van der Waals surface area (Å²) < 4.78 is 27.6. The van der Waals surface area contributed by atoms with Crippen molar-refractivity contribution in [2.45, 2.75) is 6.10 Å². The van der Waals surface area contributed by atoms with Gasteiger partial charge in [0, 0.05) is 44.9 Å². The summed E-state index contributed by atoms with van der Waals surface area (Å²) in [6.45, 7) is 2.19. The van der Waals surface area contributed by atoms with Crippen LogP contribution in [0.3, 0.4) is 0 Å². The van der Waals surface area contributed by atoms with E-state index in [-0.39, 0.29) is 6.10 Å². The Hall–Kier alpha value is -3.38. The fourth-order valence-corrected chi connectivity index (χ4v) is 3.26. The Balaban J connectivity index is 1.85. The second kappa shape index (κ2) is 12.6. The minimum atomic E-state index is -0.211. The van der Waals surface area contributed by atoms with E-state index in [4.69, 9.17) is 30.1 Å². The van der Waals surface area contributed by atoms with Crippen molar-refractivity contribution in [2.75, 3.05) is 59.6 Å². The molecule has 0 aliphatic heterocycles. The van der Waals surface area contributed by atoms with Crippen LogP contribution in [0.1, 0.15) is 17.2 Å². The van der Waals surface area contributed by atoms with Crippen molar-refractivity contribution < 1.29 is 23.7 Å². The Labute approximate surface area is 194 Å². The summed E-state index contributed by atoms with van der Waals surface area (Å²) in [5.41, 5.74) is 2.51. The number of terminal acetylenes is 1. The molecule has 1 heterocycles. The molecule has 1 aromatic heterocycles. The highest BCUT2D eigenvalue weighted by atomic mass is 16.5. The van der Waals surface area contributed by atoms with Crippen LogP contribution in [-0.4, -0.2) is 64.3 Å². The molecule has 0 aliphatic carbocycles. The zero-order chi connectivity index (χ0) is 23.5. The van der Waals surface area contributed by atoms with Crippen molar-refractivity contribution >= 4 is 16.7 Å². The molecular formula is C25H29N3O5. The Morgan fingerprint density at radius 3 is 2.33 bits per heavy atom. The highest BCUT2D eigenvalue weighted by molar-refractivity contribution is 5.91. The third kappa shape index (κ3) is 6.56. The first kappa shape index (κ1) is 24.3. The van der Waals surface area contributed by atoms with Gasteiger partial charge in [-0.2, -0.15) is 0 Å². The summed E-state index contributed by atoms with van der Waals surface area (Å²) in [6.07, 6.45) is 6.83. The number of anilines is 1. The van der Waals surface area contributed by atoms with Crippen LogP contribution in [0.25, 0.3) is 10.9 Å². The van der Waals surface area contributed by atoms with Crippen LogP contribution < -0.4 is 14.8 Å². The van der Waals surface area contributed by atoms with E-state index < -0.39 is 0 Å². The summed E-state index contributed by atoms with van der Waals surface area (Å²) >= 11 is 0. The van der Waals surface area contributed by atoms with Gasteiger partial charge >= 0.3 is 0 Å². The summed E-state index contributed by atoms with van der Waals surface area (Å²) in [5.74, 6) is 4.48. The number of aromatic nitrogens is 2. The van der Waals surface area contributed by atoms with Crippen molar-refractivity contribution in [3.8, 4) is 23.8 Å². The number of benzene rings is 2. The largest absolute Gasteiger partial charge is 0.487 e. The predicted molar refractivity (Wildman–Crippen MR) is 127 cm³/mol. The van der Waals surface area contributed by atoms with Crippen LogP contribution >= 0.6 is 0 Å². The van der Waals surface area contributed by atoms with Crippen LogP contribution in [0.15, 0.2) is 42.7 Å². The normalized spacial score (nSPS) is 11.7. The topological polar surface area (TPSA) is 84.0 Å². The Kier molecular flexibility index (Phi) is 9.27. The van der Waals surface area contributed by atoms with Gasteiger partial charge in [0.1, 0.15) is 25.4 Å². The SMILES string of the molecule is C#Cc1cccc(C(CNc2ncnc3cc(OCCOC)c(OCCOC)cc23)OC)c1. The number of methoxy groups -OCH3 is 3. The number of nitrogens with one attached hydrogen (secondary N) is 1. The molecule has 0 bridgehead atoms.